The second kappa shape index (κ2) is 8.54. The number of methoxy groups -OCH3 is 1. The van der Waals surface area contributed by atoms with E-state index in [1.807, 2.05) is 39.0 Å². The molecule has 1 aromatic rings. The van der Waals surface area contributed by atoms with Crippen molar-refractivity contribution in [2.24, 2.45) is 0 Å². The van der Waals surface area contributed by atoms with Gasteiger partial charge in [-0.3, -0.25) is 9.80 Å². The van der Waals surface area contributed by atoms with Crippen LogP contribution in [0, 0.1) is 0 Å². The maximum atomic E-state index is 12.5. The minimum Gasteiger partial charge on any atom is -0.467 e. The summed E-state index contributed by atoms with van der Waals surface area (Å²) >= 11 is 0. The summed E-state index contributed by atoms with van der Waals surface area (Å²) in [6.45, 7) is 6.72. The maximum Gasteiger partial charge on any atom is 0.411 e. The van der Waals surface area contributed by atoms with Crippen LogP contribution >= 0.6 is 0 Å². The Morgan fingerprint density at radius 3 is 2.46 bits per heavy atom. The van der Waals surface area contributed by atoms with Crippen molar-refractivity contribution in [1.29, 1.82) is 0 Å². The molecule has 0 saturated carbocycles. The topological polar surface area (TPSA) is 59.1 Å². The molecule has 0 spiro atoms. The van der Waals surface area contributed by atoms with E-state index in [0.29, 0.717) is 13.0 Å². The summed E-state index contributed by atoms with van der Waals surface area (Å²) in [5.74, 6) is -0.395. The SMILES string of the molecule is COC(=O)[C@@H]1CC(N(C)Cc2ccccc2)CCN1C(=O)OC(C)(C)C. The van der Waals surface area contributed by atoms with Gasteiger partial charge in [0.1, 0.15) is 11.6 Å². The van der Waals surface area contributed by atoms with Crippen LogP contribution in [0.15, 0.2) is 30.3 Å². The predicted octanol–water partition coefficient (Wildman–Crippen LogP) is 3.06. The van der Waals surface area contributed by atoms with Crippen molar-refractivity contribution >= 4 is 12.1 Å². The first-order chi connectivity index (χ1) is 12.2. The van der Waals surface area contributed by atoms with Gasteiger partial charge in [-0.15, -0.1) is 0 Å². The molecule has 1 aliphatic heterocycles. The van der Waals surface area contributed by atoms with Crippen LogP contribution in [0.3, 0.4) is 0 Å². The Morgan fingerprint density at radius 2 is 1.88 bits per heavy atom. The molecule has 1 aromatic carbocycles. The van der Waals surface area contributed by atoms with E-state index in [9.17, 15) is 9.59 Å². The molecule has 0 aromatic heterocycles. The van der Waals surface area contributed by atoms with Crippen molar-refractivity contribution in [2.45, 2.75) is 57.8 Å². The maximum absolute atomic E-state index is 12.5. The van der Waals surface area contributed by atoms with Crippen LogP contribution in [0.4, 0.5) is 4.79 Å². The number of likely N-dealkylation sites (tertiary alicyclic amines) is 1. The summed E-state index contributed by atoms with van der Waals surface area (Å²) in [7, 11) is 3.40. The highest BCUT2D eigenvalue weighted by atomic mass is 16.6. The van der Waals surface area contributed by atoms with E-state index >= 15 is 0 Å². The molecule has 1 fully saturated rings. The molecule has 6 heteroatoms. The van der Waals surface area contributed by atoms with Crippen LogP contribution in [-0.4, -0.2) is 60.2 Å². The van der Waals surface area contributed by atoms with Gasteiger partial charge in [0.2, 0.25) is 0 Å². The molecule has 0 N–H and O–H groups in total. The van der Waals surface area contributed by atoms with Crippen LogP contribution in [0.5, 0.6) is 0 Å². The summed E-state index contributed by atoms with van der Waals surface area (Å²) in [4.78, 5) is 28.5. The van der Waals surface area contributed by atoms with Gasteiger partial charge >= 0.3 is 12.1 Å². The van der Waals surface area contributed by atoms with Crippen molar-refractivity contribution < 1.29 is 19.1 Å². The van der Waals surface area contributed by atoms with Crippen molar-refractivity contribution in [3.05, 3.63) is 35.9 Å². The lowest BCUT2D eigenvalue weighted by Crippen LogP contribution is -2.55. The fourth-order valence-corrected chi connectivity index (χ4v) is 3.25. The molecule has 1 unspecified atom stereocenters. The van der Waals surface area contributed by atoms with Gasteiger partial charge in [-0.25, -0.2) is 9.59 Å². The van der Waals surface area contributed by atoms with Crippen molar-refractivity contribution in [2.75, 3.05) is 20.7 Å². The highest BCUT2D eigenvalue weighted by Gasteiger charge is 2.39. The Labute approximate surface area is 156 Å². The molecule has 2 rings (SSSR count). The van der Waals surface area contributed by atoms with Gasteiger partial charge < -0.3 is 9.47 Å². The van der Waals surface area contributed by atoms with Gasteiger partial charge in [0, 0.05) is 19.1 Å². The molecule has 0 bridgehead atoms. The van der Waals surface area contributed by atoms with E-state index in [2.05, 4.69) is 24.1 Å². The minimum atomic E-state index is -0.619. The third-order valence-corrected chi connectivity index (χ3v) is 4.57. The quantitative estimate of drug-likeness (QED) is 0.771. The molecule has 6 nitrogen and oxygen atoms in total. The standard InChI is InChI=1S/C20H30N2O4/c1-20(2,3)26-19(24)22-12-11-16(13-17(22)18(23)25-5)21(4)14-15-9-7-6-8-10-15/h6-10,16-17H,11-14H2,1-5H3/t16?,17-/m0/s1. The van der Waals surface area contributed by atoms with E-state index in [0.717, 1.165) is 13.0 Å². The number of nitrogens with zero attached hydrogens (tertiary/aromatic N) is 2. The second-order valence-corrected chi connectivity index (χ2v) is 7.79. The van der Waals surface area contributed by atoms with E-state index in [4.69, 9.17) is 9.47 Å². The normalized spacial score (nSPS) is 20.8. The van der Waals surface area contributed by atoms with Gasteiger partial charge in [0.25, 0.3) is 0 Å². The van der Waals surface area contributed by atoms with Crippen LogP contribution < -0.4 is 0 Å². The number of esters is 1. The van der Waals surface area contributed by atoms with Crippen molar-refractivity contribution in [3.8, 4) is 0 Å². The van der Waals surface area contributed by atoms with Gasteiger partial charge in [-0.05, 0) is 46.2 Å². The Kier molecular flexibility index (Phi) is 6.64. The van der Waals surface area contributed by atoms with Crippen LogP contribution in [-0.2, 0) is 20.8 Å². The number of piperidine rings is 1. The third-order valence-electron chi connectivity index (χ3n) is 4.57. The van der Waals surface area contributed by atoms with Crippen molar-refractivity contribution in [1.82, 2.24) is 9.80 Å². The first kappa shape index (κ1) is 20.2. The number of carbonyl (C=O) groups is 2. The fraction of sp³-hybridized carbons (Fsp3) is 0.600. The molecular formula is C20H30N2O4. The average molecular weight is 362 g/mol. The summed E-state index contributed by atoms with van der Waals surface area (Å²) in [5, 5.41) is 0. The lowest BCUT2D eigenvalue weighted by atomic mass is 9.96. The van der Waals surface area contributed by atoms with E-state index in [1.54, 1.807) is 0 Å². The van der Waals surface area contributed by atoms with Gasteiger partial charge in [0.15, 0.2) is 0 Å². The Hall–Kier alpha value is -2.08. The number of hydrogen-bond acceptors (Lipinski definition) is 5. The Balaban J connectivity index is 2.06. The van der Waals surface area contributed by atoms with E-state index in [1.165, 1.54) is 17.6 Å². The molecule has 0 aliphatic carbocycles. The summed E-state index contributed by atoms with van der Waals surface area (Å²) in [6.07, 6.45) is 0.864. The molecule has 1 saturated heterocycles. The largest absolute Gasteiger partial charge is 0.467 e. The molecule has 2 atom stereocenters. The zero-order valence-corrected chi connectivity index (χ0v) is 16.4. The summed E-state index contributed by atoms with van der Waals surface area (Å²) in [6, 6.07) is 9.78. The Morgan fingerprint density at radius 1 is 1.23 bits per heavy atom. The Bertz CT molecular complexity index is 612. The molecule has 1 aliphatic rings. The second-order valence-electron chi connectivity index (χ2n) is 7.79. The molecular weight excluding hydrogens is 332 g/mol. The van der Waals surface area contributed by atoms with Gasteiger partial charge in [0.05, 0.1) is 7.11 Å². The third kappa shape index (κ3) is 5.46. The van der Waals surface area contributed by atoms with E-state index < -0.39 is 23.7 Å². The smallest absolute Gasteiger partial charge is 0.411 e. The summed E-state index contributed by atoms with van der Waals surface area (Å²) < 4.78 is 10.4. The van der Waals surface area contributed by atoms with Crippen LogP contribution in [0.2, 0.25) is 0 Å². The molecule has 1 amide bonds. The first-order valence-corrected chi connectivity index (χ1v) is 9.03. The molecule has 144 valence electrons. The minimum absolute atomic E-state index is 0.193. The van der Waals surface area contributed by atoms with Gasteiger partial charge in [-0.1, -0.05) is 30.3 Å². The fourth-order valence-electron chi connectivity index (χ4n) is 3.25. The molecule has 0 radical (unpaired) electrons. The zero-order valence-electron chi connectivity index (χ0n) is 16.4. The number of amides is 1. The number of ether oxygens (including phenoxy) is 2. The number of hydrogen-bond donors (Lipinski definition) is 0. The number of benzene rings is 1. The highest BCUT2D eigenvalue weighted by molar-refractivity contribution is 5.81. The van der Waals surface area contributed by atoms with Gasteiger partial charge in [-0.2, -0.15) is 0 Å². The highest BCUT2D eigenvalue weighted by Crippen LogP contribution is 2.25. The van der Waals surface area contributed by atoms with Crippen LogP contribution in [0.25, 0.3) is 0 Å². The average Bonchev–Trinajstić information content (AvgIpc) is 2.59. The number of carbonyl (C=O) groups excluding carboxylic acids is 2. The summed E-state index contributed by atoms with van der Waals surface area (Å²) in [5.41, 5.74) is 0.623. The van der Waals surface area contributed by atoms with Crippen LogP contribution in [0.1, 0.15) is 39.2 Å². The number of rotatable bonds is 4. The lowest BCUT2D eigenvalue weighted by molar-refractivity contribution is -0.149. The first-order valence-electron chi connectivity index (χ1n) is 9.03. The monoisotopic (exact) mass is 362 g/mol. The van der Waals surface area contributed by atoms with E-state index in [-0.39, 0.29) is 6.04 Å². The molecule has 1 heterocycles. The van der Waals surface area contributed by atoms with Crippen molar-refractivity contribution in [3.63, 3.8) is 0 Å². The lowest BCUT2D eigenvalue weighted by Gasteiger charge is -2.41. The zero-order chi connectivity index (χ0) is 19.3. The predicted molar refractivity (Wildman–Crippen MR) is 99.7 cm³/mol. The molecule has 26 heavy (non-hydrogen) atoms.